The molecule has 23 heavy (non-hydrogen) atoms. The molecule has 3 aliphatic rings. The lowest BCUT2D eigenvalue weighted by atomic mass is 9.91. The fourth-order valence-corrected chi connectivity index (χ4v) is 4.38. The van der Waals surface area contributed by atoms with E-state index in [4.69, 9.17) is 4.99 Å². The summed E-state index contributed by atoms with van der Waals surface area (Å²) in [4.78, 5) is 13.1. The smallest absolute Gasteiger partial charge is 0.138 e. The first-order valence-electron chi connectivity index (χ1n) is 9.73. The molecule has 3 heterocycles. The number of rotatable bonds is 3. The van der Waals surface area contributed by atoms with E-state index in [0.717, 1.165) is 6.42 Å². The molecule has 4 heteroatoms. The minimum absolute atomic E-state index is 0.302. The first-order valence-corrected chi connectivity index (χ1v) is 9.73. The second kappa shape index (κ2) is 7.10. The third-order valence-electron chi connectivity index (χ3n) is 5.57. The van der Waals surface area contributed by atoms with Crippen LogP contribution in [0.25, 0.3) is 0 Å². The van der Waals surface area contributed by atoms with Crippen LogP contribution >= 0.6 is 0 Å². The number of amidine groups is 1. The quantitative estimate of drug-likeness (QED) is 0.796. The van der Waals surface area contributed by atoms with Crippen LogP contribution in [0.3, 0.4) is 0 Å². The average molecular weight is 321 g/mol. The van der Waals surface area contributed by atoms with Gasteiger partial charge in [-0.25, -0.2) is 4.99 Å². The van der Waals surface area contributed by atoms with Gasteiger partial charge in [-0.05, 0) is 31.1 Å². The molecule has 4 nitrogen and oxygen atoms in total. The van der Waals surface area contributed by atoms with Gasteiger partial charge in [0.15, 0.2) is 0 Å². The summed E-state index contributed by atoms with van der Waals surface area (Å²) in [5, 5.41) is 0. The van der Waals surface area contributed by atoms with Gasteiger partial charge in [-0.1, -0.05) is 33.6 Å². The van der Waals surface area contributed by atoms with Crippen LogP contribution in [0.2, 0.25) is 0 Å². The highest BCUT2D eigenvalue weighted by Gasteiger charge is 2.42. The highest BCUT2D eigenvalue weighted by Crippen LogP contribution is 2.31. The predicted molar refractivity (Wildman–Crippen MR) is 97.7 cm³/mol. The second-order valence-corrected chi connectivity index (χ2v) is 8.91. The molecular formula is C19H36N4. The van der Waals surface area contributed by atoms with Gasteiger partial charge in [0.25, 0.3) is 0 Å². The molecule has 0 bridgehead atoms. The first kappa shape index (κ1) is 17.2. The standard InChI is InChI=1S/C19H36N4/c1-19(2,3)15-16-20-17(22-11-7-5-8-12-22)18(21(16)4)23-13-9-6-10-14-23/h17-18H,5-15H2,1-4H3/t17-,18-/m0/s1. The van der Waals surface area contributed by atoms with Crippen LogP contribution in [-0.4, -0.2) is 66.1 Å². The highest BCUT2D eigenvalue weighted by molar-refractivity contribution is 5.84. The summed E-state index contributed by atoms with van der Waals surface area (Å²) < 4.78 is 0. The fourth-order valence-electron chi connectivity index (χ4n) is 4.38. The maximum Gasteiger partial charge on any atom is 0.138 e. The average Bonchev–Trinajstić information content (AvgIpc) is 2.84. The normalized spacial score (nSPS) is 31.5. The number of hydrogen-bond donors (Lipinski definition) is 0. The van der Waals surface area contributed by atoms with Crippen LogP contribution in [0, 0.1) is 5.41 Å². The van der Waals surface area contributed by atoms with Crippen molar-refractivity contribution >= 4 is 5.84 Å². The molecule has 0 N–H and O–H groups in total. The number of nitrogens with zero attached hydrogens (tertiary/aromatic N) is 4. The Morgan fingerprint density at radius 3 is 1.91 bits per heavy atom. The van der Waals surface area contributed by atoms with E-state index in [1.165, 1.54) is 70.5 Å². The Labute approximate surface area is 142 Å². The molecule has 0 spiro atoms. The van der Waals surface area contributed by atoms with Gasteiger partial charge in [-0.15, -0.1) is 0 Å². The van der Waals surface area contributed by atoms with Crippen molar-refractivity contribution in [1.29, 1.82) is 0 Å². The number of piperidine rings is 2. The SMILES string of the molecule is CN1C(CC(C)(C)C)=N[C@@H](N2CCCCC2)[C@@H]1N1CCCCC1. The fraction of sp³-hybridized carbons (Fsp3) is 0.947. The van der Waals surface area contributed by atoms with Gasteiger partial charge in [-0.3, -0.25) is 9.80 Å². The molecule has 0 aromatic heterocycles. The van der Waals surface area contributed by atoms with Gasteiger partial charge in [0.05, 0.1) is 0 Å². The van der Waals surface area contributed by atoms with Crippen LogP contribution < -0.4 is 0 Å². The summed E-state index contributed by atoms with van der Waals surface area (Å²) in [6.45, 7) is 11.9. The zero-order valence-corrected chi connectivity index (χ0v) is 15.7. The molecule has 0 aromatic carbocycles. The topological polar surface area (TPSA) is 22.1 Å². The van der Waals surface area contributed by atoms with Gasteiger partial charge >= 0.3 is 0 Å². The van der Waals surface area contributed by atoms with Crippen molar-refractivity contribution in [1.82, 2.24) is 14.7 Å². The Bertz CT molecular complexity index is 414. The third kappa shape index (κ3) is 4.08. The lowest BCUT2D eigenvalue weighted by Gasteiger charge is -2.43. The predicted octanol–water partition coefficient (Wildman–Crippen LogP) is 3.39. The van der Waals surface area contributed by atoms with E-state index in [0.29, 0.717) is 17.7 Å². The molecular weight excluding hydrogens is 284 g/mol. The third-order valence-corrected chi connectivity index (χ3v) is 5.57. The lowest BCUT2D eigenvalue weighted by molar-refractivity contribution is 0.0171. The molecule has 0 aliphatic carbocycles. The van der Waals surface area contributed by atoms with Crippen LogP contribution in [0.4, 0.5) is 0 Å². The lowest BCUT2D eigenvalue weighted by Crippen LogP contribution is -2.57. The molecule has 3 rings (SSSR count). The number of likely N-dealkylation sites (tertiary alicyclic amines) is 2. The Hall–Kier alpha value is -0.610. The molecule has 132 valence electrons. The van der Waals surface area contributed by atoms with E-state index in [-0.39, 0.29) is 0 Å². The van der Waals surface area contributed by atoms with E-state index in [1.807, 2.05) is 0 Å². The molecule has 0 aromatic rings. The summed E-state index contributed by atoms with van der Waals surface area (Å²) >= 11 is 0. The van der Waals surface area contributed by atoms with E-state index in [2.05, 4.69) is 42.5 Å². The van der Waals surface area contributed by atoms with Crippen molar-refractivity contribution < 1.29 is 0 Å². The highest BCUT2D eigenvalue weighted by atomic mass is 15.5. The molecule has 0 radical (unpaired) electrons. The molecule has 0 amide bonds. The van der Waals surface area contributed by atoms with Crippen LogP contribution in [0.1, 0.15) is 65.7 Å². The van der Waals surface area contributed by atoms with Crippen molar-refractivity contribution in [2.24, 2.45) is 10.4 Å². The number of aliphatic imine (C=N–C) groups is 1. The van der Waals surface area contributed by atoms with E-state index in [9.17, 15) is 0 Å². The maximum atomic E-state index is 5.26. The van der Waals surface area contributed by atoms with Gasteiger partial charge in [0, 0.05) is 39.6 Å². The second-order valence-electron chi connectivity index (χ2n) is 8.91. The zero-order valence-electron chi connectivity index (χ0n) is 15.7. The molecule has 2 fully saturated rings. The van der Waals surface area contributed by atoms with Gasteiger partial charge in [0.1, 0.15) is 18.2 Å². The summed E-state index contributed by atoms with van der Waals surface area (Å²) in [5.74, 6) is 1.32. The van der Waals surface area contributed by atoms with E-state index in [1.54, 1.807) is 0 Å². The van der Waals surface area contributed by atoms with Gasteiger partial charge in [0.2, 0.25) is 0 Å². The largest absolute Gasteiger partial charge is 0.344 e. The molecule has 2 saturated heterocycles. The van der Waals surface area contributed by atoms with Crippen molar-refractivity contribution in [3.05, 3.63) is 0 Å². The zero-order chi connectivity index (χ0) is 16.4. The van der Waals surface area contributed by atoms with E-state index < -0.39 is 0 Å². The van der Waals surface area contributed by atoms with Crippen molar-refractivity contribution in [2.75, 3.05) is 33.2 Å². The minimum Gasteiger partial charge on any atom is -0.344 e. The van der Waals surface area contributed by atoms with Gasteiger partial charge in [-0.2, -0.15) is 0 Å². The van der Waals surface area contributed by atoms with Crippen molar-refractivity contribution in [3.63, 3.8) is 0 Å². The molecule has 0 unspecified atom stereocenters. The summed E-state index contributed by atoms with van der Waals surface area (Å²) in [6.07, 6.45) is 10.1. The Morgan fingerprint density at radius 1 is 0.870 bits per heavy atom. The van der Waals surface area contributed by atoms with Crippen LogP contribution in [-0.2, 0) is 0 Å². The minimum atomic E-state index is 0.302. The van der Waals surface area contributed by atoms with Crippen molar-refractivity contribution in [3.8, 4) is 0 Å². The Balaban J connectivity index is 1.79. The molecule has 2 atom stereocenters. The molecule has 0 saturated carbocycles. The number of likely N-dealkylation sites (N-methyl/N-ethyl adjacent to an activating group) is 1. The Kier molecular flexibility index (Phi) is 5.32. The Morgan fingerprint density at radius 2 is 1.39 bits per heavy atom. The van der Waals surface area contributed by atoms with Crippen LogP contribution in [0.5, 0.6) is 0 Å². The van der Waals surface area contributed by atoms with Crippen molar-refractivity contribution in [2.45, 2.75) is 78.0 Å². The van der Waals surface area contributed by atoms with E-state index >= 15 is 0 Å². The number of hydrogen-bond acceptors (Lipinski definition) is 4. The maximum absolute atomic E-state index is 5.26. The molecule has 3 aliphatic heterocycles. The van der Waals surface area contributed by atoms with Crippen LogP contribution in [0.15, 0.2) is 4.99 Å². The summed E-state index contributed by atoms with van der Waals surface area (Å²) in [7, 11) is 2.29. The van der Waals surface area contributed by atoms with Gasteiger partial charge < -0.3 is 4.90 Å². The summed E-state index contributed by atoms with van der Waals surface area (Å²) in [5.41, 5.74) is 0.302. The summed E-state index contributed by atoms with van der Waals surface area (Å²) in [6, 6.07) is 0. The first-order chi connectivity index (χ1) is 11.0. The monoisotopic (exact) mass is 320 g/mol.